The third-order valence-corrected chi connectivity index (χ3v) is 7.89. The molecule has 0 saturated carbocycles. The van der Waals surface area contributed by atoms with Crippen LogP contribution in [0.1, 0.15) is 102 Å². The zero-order valence-corrected chi connectivity index (χ0v) is 29.0. The first kappa shape index (κ1) is 44.2. The first-order chi connectivity index (χ1) is 20.5. The average molecular weight is 617 g/mol. The monoisotopic (exact) mass is 617 g/mol. The predicted molar refractivity (Wildman–Crippen MR) is 205 cm³/mol. The van der Waals surface area contributed by atoms with Gasteiger partial charge >= 0.3 is 0 Å². The molecule has 2 aliphatic carbocycles. The van der Waals surface area contributed by atoms with Gasteiger partial charge < -0.3 is 9.47 Å². The van der Waals surface area contributed by atoms with Crippen molar-refractivity contribution in [1.82, 2.24) is 0 Å². The highest BCUT2D eigenvalue weighted by Gasteiger charge is 2.23. The van der Waals surface area contributed by atoms with Crippen LogP contribution in [0.5, 0.6) is 0 Å². The van der Waals surface area contributed by atoms with Gasteiger partial charge in [0.25, 0.3) is 0 Å². The largest absolute Gasteiger partial charge is 0.381 e. The van der Waals surface area contributed by atoms with Gasteiger partial charge in [0, 0.05) is 14.2 Å². The lowest BCUT2D eigenvalue weighted by Gasteiger charge is -2.30. The minimum absolute atomic E-state index is 0. The molecule has 0 aromatic rings. The molecule has 0 N–H and O–H groups in total. The number of allylic oxidation sites excluding steroid dienone is 20. The van der Waals surface area contributed by atoms with Gasteiger partial charge in [0.1, 0.15) is 0 Å². The Bertz CT molecular complexity index is 1180. The van der Waals surface area contributed by atoms with Crippen molar-refractivity contribution < 1.29 is 9.47 Å². The quantitative estimate of drug-likeness (QED) is 0.192. The summed E-state index contributed by atoms with van der Waals surface area (Å²) < 4.78 is 10.00. The van der Waals surface area contributed by atoms with Gasteiger partial charge in [0.15, 0.2) is 0 Å². The molecular weight excluding hydrogens is 548 g/mol. The minimum atomic E-state index is 0. The van der Waals surface area contributed by atoms with Crippen LogP contribution in [0, 0.1) is 11.3 Å². The Hall–Kier alpha value is -2.94. The predicted octanol–water partition coefficient (Wildman–Crippen LogP) is 13.0. The molecule has 0 amide bonds. The fourth-order valence-corrected chi connectivity index (χ4v) is 4.98. The Kier molecular flexibility index (Phi) is 24.8. The molecule has 2 heteroatoms. The maximum absolute atomic E-state index is 5.00. The van der Waals surface area contributed by atoms with Crippen molar-refractivity contribution in [3.63, 3.8) is 0 Å². The van der Waals surface area contributed by atoms with E-state index in [4.69, 9.17) is 9.47 Å². The van der Waals surface area contributed by atoms with Gasteiger partial charge in [-0.25, -0.2) is 0 Å². The molecule has 0 heterocycles. The fraction of sp³-hybridized carbons (Fsp3) is 0.488. The van der Waals surface area contributed by atoms with Crippen LogP contribution in [-0.2, 0) is 9.47 Å². The van der Waals surface area contributed by atoms with Gasteiger partial charge in [-0.3, -0.25) is 0 Å². The number of ether oxygens (including phenoxy) is 2. The first-order valence-corrected chi connectivity index (χ1v) is 16.0. The van der Waals surface area contributed by atoms with Gasteiger partial charge in [0.05, 0.1) is 13.2 Å². The van der Waals surface area contributed by atoms with E-state index >= 15 is 0 Å². The number of hydrogen-bond acceptors (Lipinski definition) is 2. The topological polar surface area (TPSA) is 18.5 Å². The smallest absolute Gasteiger partial charge is 0.0646 e. The molecule has 45 heavy (non-hydrogen) atoms. The second-order valence-corrected chi connectivity index (χ2v) is 12.3. The summed E-state index contributed by atoms with van der Waals surface area (Å²) in [5.41, 5.74) is 9.69. The van der Waals surface area contributed by atoms with E-state index in [0.29, 0.717) is 24.5 Å². The Morgan fingerprint density at radius 1 is 0.800 bits per heavy atom. The Morgan fingerprint density at radius 3 is 1.76 bits per heavy atom. The maximum atomic E-state index is 5.00. The highest BCUT2D eigenvalue weighted by Crippen LogP contribution is 2.37. The first-order valence-electron chi connectivity index (χ1n) is 16.0. The Morgan fingerprint density at radius 2 is 1.29 bits per heavy atom. The van der Waals surface area contributed by atoms with Gasteiger partial charge in [-0.05, 0) is 94.8 Å². The van der Waals surface area contributed by atoms with E-state index in [2.05, 4.69) is 134 Å². The molecule has 0 aliphatic heterocycles. The number of methoxy groups -OCH3 is 2. The molecule has 0 bridgehead atoms. The van der Waals surface area contributed by atoms with E-state index < -0.39 is 0 Å². The SMILES string of the molecule is C.C.CCC1CC=CC(C)=C1C=CC(C)=CC=C(C)C=CCOC.COCC=CC(C)=CC=C(C)C=CC1=CCCCC1(C)C. The second-order valence-electron chi connectivity index (χ2n) is 12.3. The summed E-state index contributed by atoms with van der Waals surface area (Å²) in [7, 11) is 3.42. The molecule has 0 saturated heterocycles. The van der Waals surface area contributed by atoms with Crippen molar-refractivity contribution >= 4 is 0 Å². The Labute approximate surface area is 280 Å². The minimum Gasteiger partial charge on any atom is -0.381 e. The summed E-state index contributed by atoms with van der Waals surface area (Å²) in [5.74, 6) is 0.670. The summed E-state index contributed by atoms with van der Waals surface area (Å²) in [5, 5.41) is 0. The zero-order chi connectivity index (χ0) is 32.1. The van der Waals surface area contributed by atoms with Crippen LogP contribution in [0.3, 0.4) is 0 Å². The summed E-state index contributed by atoms with van der Waals surface area (Å²) >= 11 is 0. The highest BCUT2D eigenvalue weighted by molar-refractivity contribution is 5.40. The van der Waals surface area contributed by atoms with Crippen molar-refractivity contribution in [2.45, 2.75) is 102 Å². The van der Waals surface area contributed by atoms with E-state index in [1.54, 1.807) is 14.2 Å². The molecule has 2 rings (SSSR count). The van der Waals surface area contributed by atoms with Crippen molar-refractivity contribution in [2.75, 3.05) is 27.4 Å². The molecule has 2 nitrogen and oxygen atoms in total. The van der Waals surface area contributed by atoms with Crippen LogP contribution in [0.4, 0.5) is 0 Å². The molecule has 2 aliphatic rings. The number of rotatable bonds is 13. The molecular formula is C43H68O2. The van der Waals surface area contributed by atoms with Crippen LogP contribution < -0.4 is 0 Å². The molecule has 0 aromatic heterocycles. The van der Waals surface area contributed by atoms with Gasteiger partial charge in [-0.2, -0.15) is 0 Å². The Balaban J connectivity index is 0. The van der Waals surface area contributed by atoms with E-state index in [0.717, 1.165) is 0 Å². The maximum Gasteiger partial charge on any atom is 0.0646 e. The molecule has 252 valence electrons. The summed E-state index contributed by atoms with van der Waals surface area (Å²) in [6.07, 6.45) is 39.0. The zero-order valence-electron chi connectivity index (χ0n) is 29.0. The molecule has 0 spiro atoms. The molecule has 1 unspecified atom stereocenters. The summed E-state index contributed by atoms with van der Waals surface area (Å²) in [6, 6.07) is 0. The molecule has 0 fully saturated rings. The van der Waals surface area contributed by atoms with E-state index in [9.17, 15) is 0 Å². The van der Waals surface area contributed by atoms with Crippen molar-refractivity contribution in [2.24, 2.45) is 11.3 Å². The van der Waals surface area contributed by atoms with Crippen molar-refractivity contribution in [3.8, 4) is 0 Å². The molecule has 1 atom stereocenters. The van der Waals surface area contributed by atoms with Crippen LogP contribution in [0.25, 0.3) is 0 Å². The standard InChI is InChI=1S/C21H30O.C20H30O.2CH4/c1-6-20-11-7-10-19(4)21(20)15-14-18(3)13-12-17(2)9-8-16-22-5;1-17(9-8-16-21-5)11-12-18(2)13-14-19-10-6-7-15-20(19,3)4;;/h7-10,12-15,20H,6,11,16H2,1-5H3;8-14H,6-7,15-16H2,1-5H3;2*1H4. The summed E-state index contributed by atoms with van der Waals surface area (Å²) in [6.45, 7) is 19.0. The lowest BCUT2D eigenvalue weighted by Crippen LogP contribution is -2.16. The van der Waals surface area contributed by atoms with Gasteiger partial charge in [-0.1, -0.05) is 149 Å². The molecule has 0 radical (unpaired) electrons. The lowest BCUT2D eigenvalue weighted by molar-refractivity contribution is 0.234. The second kappa shape index (κ2) is 25.3. The van der Waals surface area contributed by atoms with Crippen molar-refractivity contribution in [1.29, 1.82) is 0 Å². The van der Waals surface area contributed by atoms with Gasteiger partial charge in [-0.15, -0.1) is 0 Å². The third kappa shape index (κ3) is 19.2. The third-order valence-electron chi connectivity index (χ3n) is 7.89. The van der Waals surface area contributed by atoms with Crippen LogP contribution in [-0.4, -0.2) is 27.4 Å². The average Bonchev–Trinajstić information content (AvgIpc) is 2.98. The fourth-order valence-electron chi connectivity index (χ4n) is 4.98. The number of hydrogen-bond donors (Lipinski definition) is 0. The van der Waals surface area contributed by atoms with Gasteiger partial charge in [0.2, 0.25) is 0 Å². The van der Waals surface area contributed by atoms with Crippen LogP contribution >= 0.6 is 0 Å². The van der Waals surface area contributed by atoms with E-state index in [-0.39, 0.29) is 14.9 Å². The van der Waals surface area contributed by atoms with E-state index in [1.165, 1.54) is 71.1 Å². The van der Waals surface area contributed by atoms with Crippen molar-refractivity contribution in [3.05, 3.63) is 130 Å². The lowest BCUT2D eigenvalue weighted by atomic mass is 9.75. The summed E-state index contributed by atoms with van der Waals surface area (Å²) in [4.78, 5) is 0. The van der Waals surface area contributed by atoms with E-state index in [1.807, 2.05) is 12.2 Å². The molecule has 0 aromatic carbocycles. The normalized spacial score (nSPS) is 19.6. The van der Waals surface area contributed by atoms with Crippen LogP contribution in [0.2, 0.25) is 0 Å². The highest BCUT2D eigenvalue weighted by atomic mass is 16.5. The van der Waals surface area contributed by atoms with Crippen LogP contribution in [0.15, 0.2) is 130 Å².